The molecule has 0 bridgehead atoms. The number of aryl methyl sites for hydroxylation is 1. The second kappa shape index (κ2) is 9.94. The van der Waals surface area contributed by atoms with Gasteiger partial charge in [-0.15, -0.1) is 0 Å². The Morgan fingerprint density at radius 2 is 1.85 bits per heavy atom. The van der Waals surface area contributed by atoms with Gasteiger partial charge in [0.05, 0.1) is 31.5 Å². The largest absolute Gasteiger partial charge is 0.477 e. The number of carbonyl (C=O) groups excluding carboxylic acids is 3. The minimum atomic E-state index is -0.657. The predicted molar refractivity (Wildman–Crippen MR) is 125 cm³/mol. The molecule has 1 fully saturated rings. The number of ether oxygens (including phenoxy) is 2. The van der Waals surface area contributed by atoms with Crippen LogP contribution in [-0.2, 0) is 14.3 Å². The van der Waals surface area contributed by atoms with E-state index in [2.05, 4.69) is 5.32 Å². The standard InChI is InChI=1S/C25H29N3O5/c1-17-10-11-18(25(31)32-2)14-19(17)26-23(29)16-28-15-22(24(30)27-12-6-3-7-13-27)33-21-9-5-4-8-20(21)28/h4-5,8-11,14,22H,3,6-7,12-13,15-16H2,1-2H3,(H,26,29)/t22-/m1/s1. The topological polar surface area (TPSA) is 88.2 Å². The van der Waals surface area contributed by atoms with E-state index in [1.165, 1.54) is 7.11 Å². The summed E-state index contributed by atoms with van der Waals surface area (Å²) in [5.74, 6) is -0.153. The molecule has 2 aromatic rings. The van der Waals surface area contributed by atoms with Crippen LogP contribution in [0.25, 0.3) is 0 Å². The average Bonchev–Trinajstić information content (AvgIpc) is 2.84. The van der Waals surface area contributed by atoms with Crippen LogP contribution in [0.2, 0.25) is 0 Å². The van der Waals surface area contributed by atoms with Crippen molar-refractivity contribution in [1.29, 1.82) is 0 Å². The molecule has 1 saturated heterocycles. The summed E-state index contributed by atoms with van der Waals surface area (Å²) in [4.78, 5) is 41.6. The van der Waals surface area contributed by atoms with Crippen LogP contribution in [0.3, 0.4) is 0 Å². The predicted octanol–water partition coefficient (Wildman–Crippen LogP) is 3.00. The van der Waals surface area contributed by atoms with Crippen molar-refractivity contribution in [1.82, 2.24) is 4.90 Å². The normalized spacial score (nSPS) is 17.6. The molecular weight excluding hydrogens is 422 g/mol. The van der Waals surface area contributed by atoms with Gasteiger partial charge in [0.1, 0.15) is 5.75 Å². The molecule has 1 atom stereocenters. The maximum atomic E-state index is 13.1. The summed E-state index contributed by atoms with van der Waals surface area (Å²) >= 11 is 0. The van der Waals surface area contributed by atoms with E-state index < -0.39 is 12.1 Å². The van der Waals surface area contributed by atoms with Crippen molar-refractivity contribution in [2.75, 3.05) is 43.5 Å². The van der Waals surface area contributed by atoms with Gasteiger partial charge in [0, 0.05) is 18.8 Å². The van der Waals surface area contributed by atoms with E-state index in [1.54, 1.807) is 18.2 Å². The number of hydrogen-bond acceptors (Lipinski definition) is 6. The first kappa shape index (κ1) is 22.6. The van der Waals surface area contributed by atoms with E-state index in [0.717, 1.165) is 43.6 Å². The molecule has 2 aliphatic heterocycles. The van der Waals surface area contributed by atoms with Gasteiger partial charge >= 0.3 is 5.97 Å². The van der Waals surface area contributed by atoms with E-state index in [4.69, 9.17) is 9.47 Å². The summed E-state index contributed by atoms with van der Waals surface area (Å²) in [7, 11) is 1.32. The number of benzene rings is 2. The van der Waals surface area contributed by atoms with Crippen LogP contribution in [0.4, 0.5) is 11.4 Å². The first-order valence-corrected chi connectivity index (χ1v) is 11.2. The monoisotopic (exact) mass is 451 g/mol. The lowest BCUT2D eigenvalue weighted by Gasteiger charge is -2.38. The molecule has 33 heavy (non-hydrogen) atoms. The third-order valence-corrected chi connectivity index (χ3v) is 6.07. The van der Waals surface area contributed by atoms with E-state index in [1.807, 2.05) is 41.0 Å². The molecule has 0 unspecified atom stereocenters. The van der Waals surface area contributed by atoms with Gasteiger partial charge in [-0.05, 0) is 56.0 Å². The fraction of sp³-hybridized carbons (Fsp3) is 0.400. The quantitative estimate of drug-likeness (QED) is 0.703. The van der Waals surface area contributed by atoms with Gasteiger partial charge in [-0.1, -0.05) is 18.2 Å². The number of hydrogen-bond donors (Lipinski definition) is 1. The highest BCUT2D eigenvalue weighted by Crippen LogP contribution is 2.33. The van der Waals surface area contributed by atoms with Crippen molar-refractivity contribution in [2.45, 2.75) is 32.3 Å². The second-order valence-corrected chi connectivity index (χ2v) is 8.41. The van der Waals surface area contributed by atoms with Crippen LogP contribution in [0, 0.1) is 6.92 Å². The Morgan fingerprint density at radius 1 is 1.09 bits per heavy atom. The molecule has 174 valence electrons. The number of esters is 1. The van der Waals surface area contributed by atoms with Gasteiger partial charge in [0.2, 0.25) is 5.91 Å². The van der Waals surface area contributed by atoms with Crippen LogP contribution in [0.5, 0.6) is 5.75 Å². The molecule has 1 N–H and O–H groups in total. The number of piperidine rings is 1. The molecule has 2 aliphatic rings. The van der Waals surface area contributed by atoms with Gasteiger partial charge < -0.3 is 24.6 Å². The van der Waals surface area contributed by atoms with Gasteiger partial charge in [-0.3, -0.25) is 9.59 Å². The fourth-order valence-electron chi connectivity index (χ4n) is 4.27. The third kappa shape index (κ3) is 5.10. The first-order chi connectivity index (χ1) is 16.0. The van der Waals surface area contributed by atoms with Gasteiger partial charge in [0.25, 0.3) is 5.91 Å². The van der Waals surface area contributed by atoms with Crippen LogP contribution in [0.15, 0.2) is 42.5 Å². The Morgan fingerprint density at radius 3 is 2.61 bits per heavy atom. The van der Waals surface area contributed by atoms with Crippen LogP contribution >= 0.6 is 0 Å². The van der Waals surface area contributed by atoms with Crippen molar-refractivity contribution >= 4 is 29.2 Å². The van der Waals surface area contributed by atoms with Crippen molar-refractivity contribution in [2.24, 2.45) is 0 Å². The smallest absolute Gasteiger partial charge is 0.337 e. The summed E-state index contributed by atoms with van der Waals surface area (Å²) in [5.41, 5.74) is 2.51. The summed E-state index contributed by atoms with van der Waals surface area (Å²) in [6.07, 6.45) is 2.49. The highest BCUT2D eigenvalue weighted by atomic mass is 16.5. The molecular formula is C25H29N3O5. The lowest BCUT2D eigenvalue weighted by molar-refractivity contribution is -0.139. The van der Waals surface area contributed by atoms with E-state index >= 15 is 0 Å². The maximum Gasteiger partial charge on any atom is 0.337 e. The zero-order valence-electron chi connectivity index (χ0n) is 19.0. The highest BCUT2D eigenvalue weighted by molar-refractivity contribution is 5.97. The number of anilines is 2. The molecule has 0 aliphatic carbocycles. The van der Waals surface area contributed by atoms with E-state index in [0.29, 0.717) is 23.5 Å². The Hall–Kier alpha value is -3.55. The first-order valence-electron chi connectivity index (χ1n) is 11.2. The lowest BCUT2D eigenvalue weighted by atomic mass is 10.1. The highest BCUT2D eigenvalue weighted by Gasteiger charge is 2.34. The van der Waals surface area contributed by atoms with Crippen molar-refractivity contribution in [3.8, 4) is 5.75 Å². The number of para-hydroxylation sites is 2. The minimum Gasteiger partial charge on any atom is -0.477 e. The summed E-state index contributed by atoms with van der Waals surface area (Å²) in [5, 5.41) is 2.89. The van der Waals surface area contributed by atoms with Gasteiger partial charge in [0.15, 0.2) is 6.10 Å². The Balaban J connectivity index is 1.50. The molecule has 8 heteroatoms. The number of methoxy groups -OCH3 is 1. The van der Waals surface area contributed by atoms with E-state index in [-0.39, 0.29) is 18.4 Å². The number of nitrogens with zero attached hydrogens (tertiary/aromatic N) is 2. The summed E-state index contributed by atoms with van der Waals surface area (Å²) < 4.78 is 10.8. The lowest BCUT2D eigenvalue weighted by Crippen LogP contribution is -2.52. The third-order valence-electron chi connectivity index (χ3n) is 6.07. The Bertz CT molecular complexity index is 1050. The summed E-state index contributed by atoms with van der Waals surface area (Å²) in [6, 6.07) is 12.5. The molecule has 0 spiro atoms. The molecule has 2 aromatic carbocycles. The number of carbonyl (C=O) groups is 3. The summed E-state index contributed by atoms with van der Waals surface area (Å²) in [6.45, 7) is 3.69. The molecule has 4 rings (SSSR count). The number of amides is 2. The van der Waals surface area contributed by atoms with Crippen molar-refractivity contribution < 1.29 is 23.9 Å². The average molecular weight is 452 g/mol. The van der Waals surface area contributed by atoms with Crippen LogP contribution < -0.4 is 15.0 Å². The molecule has 2 amide bonds. The molecule has 0 aromatic heterocycles. The van der Waals surface area contributed by atoms with Crippen LogP contribution in [-0.4, -0.2) is 62.1 Å². The molecule has 2 heterocycles. The van der Waals surface area contributed by atoms with E-state index in [9.17, 15) is 14.4 Å². The zero-order chi connectivity index (χ0) is 23.4. The number of likely N-dealkylation sites (tertiary alicyclic amines) is 1. The minimum absolute atomic E-state index is 0.0313. The zero-order valence-corrected chi connectivity index (χ0v) is 19.0. The van der Waals surface area contributed by atoms with Crippen molar-refractivity contribution in [3.63, 3.8) is 0 Å². The molecule has 8 nitrogen and oxygen atoms in total. The maximum absolute atomic E-state index is 13.1. The van der Waals surface area contributed by atoms with Gasteiger partial charge in [-0.2, -0.15) is 0 Å². The Kier molecular flexibility index (Phi) is 6.82. The molecule has 0 saturated carbocycles. The fourth-order valence-corrected chi connectivity index (χ4v) is 4.27. The number of fused-ring (bicyclic) bond motifs is 1. The number of nitrogens with one attached hydrogen (secondary N) is 1. The second-order valence-electron chi connectivity index (χ2n) is 8.41. The Labute approximate surface area is 193 Å². The SMILES string of the molecule is COC(=O)c1ccc(C)c(NC(=O)CN2C[C@H](C(=O)N3CCCCC3)Oc3ccccc32)c1. The van der Waals surface area contributed by atoms with Crippen molar-refractivity contribution in [3.05, 3.63) is 53.6 Å². The van der Waals surface area contributed by atoms with Crippen LogP contribution in [0.1, 0.15) is 35.2 Å². The molecule has 0 radical (unpaired) electrons. The van der Waals surface area contributed by atoms with Gasteiger partial charge in [-0.25, -0.2) is 4.79 Å². The number of rotatable bonds is 5.